The molecule has 1 aromatic rings. The van der Waals surface area contributed by atoms with E-state index in [1.165, 1.54) is 0 Å². The first-order valence-corrected chi connectivity index (χ1v) is 6.25. The highest BCUT2D eigenvalue weighted by molar-refractivity contribution is 5.95. The molecule has 0 unspecified atom stereocenters. The van der Waals surface area contributed by atoms with Crippen molar-refractivity contribution in [2.24, 2.45) is 5.84 Å². The summed E-state index contributed by atoms with van der Waals surface area (Å²) in [5.41, 5.74) is 2.44. The van der Waals surface area contributed by atoms with Crippen LogP contribution in [0, 0.1) is 0 Å². The third kappa shape index (κ3) is 3.75. The number of hydrogen-bond acceptors (Lipinski definition) is 5. The van der Waals surface area contributed by atoms with Gasteiger partial charge in [-0.15, -0.1) is 0 Å². The molecule has 6 nitrogen and oxygen atoms in total. The first-order valence-electron chi connectivity index (χ1n) is 6.25. The lowest BCUT2D eigenvalue weighted by molar-refractivity contribution is 0.0952. The molecule has 1 rings (SSSR count). The maximum atomic E-state index is 11.6. The van der Waals surface area contributed by atoms with E-state index in [1.807, 2.05) is 20.8 Å². The SMILES string of the molecule is CCOc1cc(C(=O)NN)cc(OCC)c1OCC. The van der Waals surface area contributed by atoms with E-state index in [0.717, 1.165) is 0 Å². The second kappa shape index (κ2) is 7.48. The van der Waals surface area contributed by atoms with Crippen LogP contribution < -0.4 is 25.5 Å². The first-order chi connectivity index (χ1) is 9.17. The molecule has 6 heteroatoms. The van der Waals surface area contributed by atoms with E-state index in [0.29, 0.717) is 42.6 Å². The molecule has 0 aliphatic rings. The molecule has 3 N–H and O–H groups in total. The Bertz CT molecular complexity index is 408. The van der Waals surface area contributed by atoms with Crippen molar-refractivity contribution in [3.05, 3.63) is 17.7 Å². The van der Waals surface area contributed by atoms with Gasteiger partial charge in [0.2, 0.25) is 5.75 Å². The molecule has 0 atom stereocenters. The molecule has 0 heterocycles. The third-order valence-electron chi connectivity index (χ3n) is 2.30. The lowest BCUT2D eigenvalue weighted by Gasteiger charge is -2.16. The van der Waals surface area contributed by atoms with Crippen LogP contribution in [0.4, 0.5) is 0 Å². The highest BCUT2D eigenvalue weighted by atomic mass is 16.5. The standard InChI is InChI=1S/C13H20N2O4/c1-4-17-10-7-9(13(16)15-14)8-11(18-5-2)12(10)19-6-3/h7-8H,4-6,14H2,1-3H3,(H,15,16). The van der Waals surface area contributed by atoms with Gasteiger partial charge in [-0.2, -0.15) is 0 Å². The summed E-state index contributed by atoms with van der Waals surface area (Å²) in [4.78, 5) is 11.6. The van der Waals surface area contributed by atoms with Crippen molar-refractivity contribution in [3.8, 4) is 17.2 Å². The summed E-state index contributed by atoms with van der Waals surface area (Å²) in [6.07, 6.45) is 0. The van der Waals surface area contributed by atoms with Gasteiger partial charge in [-0.1, -0.05) is 0 Å². The van der Waals surface area contributed by atoms with Gasteiger partial charge in [-0.05, 0) is 32.9 Å². The number of carbonyl (C=O) groups excluding carboxylic acids is 1. The largest absolute Gasteiger partial charge is 0.490 e. The third-order valence-corrected chi connectivity index (χ3v) is 2.30. The molecular weight excluding hydrogens is 248 g/mol. The van der Waals surface area contributed by atoms with Crippen molar-refractivity contribution in [2.75, 3.05) is 19.8 Å². The van der Waals surface area contributed by atoms with Gasteiger partial charge in [0.15, 0.2) is 11.5 Å². The molecule has 0 radical (unpaired) electrons. The maximum Gasteiger partial charge on any atom is 0.265 e. The van der Waals surface area contributed by atoms with Crippen LogP contribution in [0.5, 0.6) is 17.2 Å². The summed E-state index contributed by atoms with van der Waals surface area (Å²) in [5, 5.41) is 0. The molecule has 0 aliphatic heterocycles. The molecule has 0 aromatic heterocycles. The summed E-state index contributed by atoms with van der Waals surface area (Å²) in [5.74, 6) is 6.16. The average molecular weight is 268 g/mol. The number of nitrogen functional groups attached to an aromatic ring is 1. The van der Waals surface area contributed by atoms with E-state index in [1.54, 1.807) is 12.1 Å². The summed E-state index contributed by atoms with van der Waals surface area (Å²) in [7, 11) is 0. The summed E-state index contributed by atoms with van der Waals surface area (Å²) >= 11 is 0. The van der Waals surface area contributed by atoms with Crippen LogP contribution in [0.15, 0.2) is 12.1 Å². The molecule has 0 fully saturated rings. The van der Waals surface area contributed by atoms with Crippen molar-refractivity contribution in [1.82, 2.24) is 5.43 Å². The highest BCUT2D eigenvalue weighted by Crippen LogP contribution is 2.39. The number of carbonyl (C=O) groups is 1. The van der Waals surface area contributed by atoms with E-state index in [4.69, 9.17) is 20.1 Å². The lowest BCUT2D eigenvalue weighted by Crippen LogP contribution is -2.30. The van der Waals surface area contributed by atoms with Crippen LogP contribution >= 0.6 is 0 Å². The normalized spacial score (nSPS) is 9.89. The van der Waals surface area contributed by atoms with Crippen LogP contribution in [-0.4, -0.2) is 25.7 Å². The zero-order valence-electron chi connectivity index (χ0n) is 11.5. The fourth-order valence-electron chi connectivity index (χ4n) is 1.60. The van der Waals surface area contributed by atoms with Crippen LogP contribution in [0.3, 0.4) is 0 Å². The Morgan fingerprint density at radius 2 is 1.53 bits per heavy atom. The maximum absolute atomic E-state index is 11.6. The number of benzene rings is 1. The van der Waals surface area contributed by atoms with Gasteiger partial charge in [0.1, 0.15) is 0 Å². The van der Waals surface area contributed by atoms with E-state index in [9.17, 15) is 4.79 Å². The van der Waals surface area contributed by atoms with E-state index in [2.05, 4.69) is 5.43 Å². The molecule has 0 bridgehead atoms. The fourth-order valence-corrected chi connectivity index (χ4v) is 1.60. The minimum Gasteiger partial charge on any atom is -0.490 e. The second-order valence-electron chi connectivity index (χ2n) is 3.57. The smallest absolute Gasteiger partial charge is 0.265 e. The van der Waals surface area contributed by atoms with E-state index < -0.39 is 5.91 Å². The highest BCUT2D eigenvalue weighted by Gasteiger charge is 2.17. The molecular formula is C13H20N2O4. The monoisotopic (exact) mass is 268 g/mol. The summed E-state index contributed by atoms with van der Waals surface area (Å²) in [6, 6.07) is 3.17. The van der Waals surface area contributed by atoms with Crippen molar-refractivity contribution >= 4 is 5.91 Å². The van der Waals surface area contributed by atoms with Gasteiger partial charge in [-0.3, -0.25) is 10.2 Å². The minimum atomic E-state index is -0.412. The quantitative estimate of drug-likeness (QED) is 0.444. The molecule has 0 saturated heterocycles. The van der Waals surface area contributed by atoms with Crippen molar-refractivity contribution in [3.63, 3.8) is 0 Å². The fraction of sp³-hybridized carbons (Fsp3) is 0.462. The Balaban J connectivity index is 3.29. The average Bonchev–Trinajstić information content (AvgIpc) is 2.41. The van der Waals surface area contributed by atoms with Crippen LogP contribution in [0.2, 0.25) is 0 Å². The molecule has 1 aromatic carbocycles. The molecule has 19 heavy (non-hydrogen) atoms. The van der Waals surface area contributed by atoms with E-state index >= 15 is 0 Å². The number of nitrogens with one attached hydrogen (secondary N) is 1. The molecule has 106 valence electrons. The number of rotatable bonds is 7. The predicted octanol–water partition coefficient (Wildman–Crippen LogP) is 1.49. The Morgan fingerprint density at radius 1 is 1.05 bits per heavy atom. The topological polar surface area (TPSA) is 82.8 Å². The van der Waals surface area contributed by atoms with Gasteiger partial charge >= 0.3 is 0 Å². The minimum absolute atomic E-state index is 0.359. The van der Waals surface area contributed by atoms with Gasteiger partial charge in [0, 0.05) is 5.56 Å². The number of ether oxygens (including phenoxy) is 3. The van der Waals surface area contributed by atoms with Gasteiger partial charge < -0.3 is 14.2 Å². The molecule has 0 spiro atoms. The van der Waals surface area contributed by atoms with Crippen molar-refractivity contribution < 1.29 is 19.0 Å². The summed E-state index contributed by atoms with van der Waals surface area (Å²) < 4.78 is 16.5. The number of hydrogen-bond donors (Lipinski definition) is 2. The molecule has 0 aliphatic carbocycles. The zero-order chi connectivity index (χ0) is 14.3. The van der Waals surface area contributed by atoms with Gasteiger partial charge in [0.05, 0.1) is 19.8 Å². The molecule has 1 amide bonds. The number of amides is 1. The Labute approximate surface area is 112 Å². The van der Waals surface area contributed by atoms with Crippen LogP contribution in [-0.2, 0) is 0 Å². The van der Waals surface area contributed by atoms with Gasteiger partial charge in [0.25, 0.3) is 5.91 Å². The van der Waals surface area contributed by atoms with Crippen LogP contribution in [0.1, 0.15) is 31.1 Å². The Morgan fingerprint density at radius 3 is 1.89 bits per heavy atom. The van der Waals surface area contributed by atoms with Crippen molar-refractivity contribution in [1.29, 1.82) is 0 Å². The van der Waals surface area contributed by atoms with Crippen LogP contribution in [0.25, 0.3) is 0 Å². The first kappa shape index (κ1) is 15.1. The van der Waals surface area contributed by atoms with Crippen molar-refractivity contribution in [2.45, 2.75) is 20.8 Å². The Hall–Kier alpha value is -1.95. The lowest BCUT2D eigenvalue weighted by atomic mass is 10.1. The Kier molecular flexibility index (Phi) is 5.95. The van der Waals surface area contributed by atoms with Gasteiger partial charge in [-0.25, -0.2) is 5.84 Å². The zero-order valence-corrected chi connectivity index (χ0v) is 11.5. The summed E-state index contributed by atoms with van der Waals surface area (Å²) in [6.45, 7) is 6.96. The predicted molar refractivity (Wildman–Crippen MR) is 71.6 cm³/mol. The molecule has 0 saturated carbocycles. The number of nitrogens with two attached hydrogens (primary N) is 1. The number of hydrazine groups is 1. The second-order valence-corrected chi connectivity index (χ2v) is 3.57. The van der Waals surface area contributed by atoms with E-state index in [-0.39, 0.29) is 0 Å².